The Bertz CT molecular complexity index is 510. The van der Waals surface area contributed by atoms with Crippen molar-refractivity contribution in [3.63, 3.8) is 0 Å². The maximum atomic E-state index is 12.3. The molecular weight excluding hydrogens is 230 g/mol. The Labute approximate surface area is 85.5 Å². The van der Waals surface area contributed by atoms with Crippen molar-refractivity contribution in [2.45, 2.75) is 6.43 Å². The fraction of sp³-hybridized carbons (Fsp3) is 0.143. The Hall–Kier alpha value is -2.32. The summed E-state index contributed by atoms with van der Waals surface area (Å²) in [6.45, 7) is 0. The topological polar surface area (TPSA) is 113 Å². The highest BCUT2D eigenvalue weighted by molar-refractivity contribution is 5.87. The van der Waals surface area contributed by atoms with Crippen molar-refractivity contribution in [2.24, 2.45) is 0 Å². The molecule has 2 N–H and O–H groups in total. The number of nitrogens with zero attached hydrogens (tertiary/aromatic N) is 1. The van der Waals surface area contributed by atoms with Crippen LogP contribution < -0.4 is 5.56 Å². The van der Waals surface area contributed by atoms with E-state index in [1.165, 1.54) is 4.98 Å². The van der Waals surface area contributed by atoms with Gasteiger partial charge in [-0.2, -0.15) is 0 Å². The van der Waals surface area contributed by atoms with Crippen molar-refractivity contribution in [3.8, 4) is 0 Å². The number of carboxylic acid groups (broad SMARTS) is 1. The third-order valence-electron chi connectivity index (χ3n) is 1.70. The van der Waals surface area contributed by atoms with E-state index in [9.17, 15) is 28.5 Å². The third kappa shape index (κ3) is 2.02. The fourth-order valence-corrected chi connectivity index (χ4v) is 1.01. The molecule has 0 aliphatic heterocycles. The van der Waals surface area contributed by atoms with E-state index in [2.05, 4.69) is 0 Å². The van der Waals surface area contributed by atoms with Gasteiger partial charge in [-0.3, -0.25) is 0 Å². The van der Waals surface area contributed by atoms with Crippen LogP contribution in [-0.4, -0.2) is 21.0 Å². The minimum Gasteiger partial charge on any atom is -0.477 e. The van der Waals surface area contributed by atoms with E-state index >= 15 is 0 Å². The molecule has 0 unspecified atom stereocenters. The molecule has 1 rings (SSSR count). The molecule has 1 heterocycles. The standard InChI is InChI=1S/C7H4F2N2O5/c8-4(9)2-1-3(7(13)14)6(12)10-5(2)11(15)16/h1,4H,(H,10,12)(H,13,14). The van der Waals surface area contributed by atoms with Crippen LogP contribution in [0.25, 0.3) is 0 Å². The molecule has 0 amide bonds. The number of nitro groups is 1. The van der Waals surface area contributed by atoms with Gasteiger partial charge in [0.05, 0.1) is 0 Å². The van der Waals surface area contributed by atoms with E-state index in [0.29, 0.717) is 6.07 Å². The highest BCUT2D eigenvalue weighted by Gasteiger charge is 2.26. The van der Waals surface area contributed by atoms with Crippen LogP contribution in [0.5, 0.6) is 0 Å². The molecule has 0 saturated heterocycles. The highest BCUT2D eigenvalue weighted by atomic mass is 19.3. The van der Waals surface area contributed by atoms with Gasteiger partial charge in [0.2, 0.25) is 0 Å². The molecule has 7 nitrogen and oxygen atoms in total. The van der Waals surface area contributed by atoms with Crippen LogP contribution in [0.2, 0.25) is 0 Å². The van der Waals surface area contributed by atoms with Gasteiger partial charge >= 0.3 is 17.3 Å². The molecule has 1 aromatic rings. The minimum absolute atomic E-state index is 0.296. The van der Waals surface area contributed by atoms with Gasteiger partial charge in [0, 0.05) is 0 Å². The number of halogens is 2. The summed E-state index contributed by atoms with van der Waals surface area (Å²) >= 11 is 0. The van der Waals surface area contributed by atoms with Gasteiger partial charge in [-0.05, 0) is 11.0 Å². The second-order valence-corrected chi connectivity index (χ2v) is 2.68. The first kappa shape index (κ1) is 11.8. The number of aromatic amines is 1. The molecule has 0 aliphatic rings. The molecule has 0 fully saturated rings. The molecule has 0 aliphatic carbocycles. The quantitative estimate of drug-likeness (QED) is 0.596. The van der Waals surface area contributed by atoms with Gasteiger partial charge in [-0.15, -0.1) is 0 Å². The molecule has 86 valence electrons. The molecule has 0 atom stereocenters. The minimum atomic E-state index is -3.25. The van der Waals surface area contributed by atoms with E-state index in [1.54, 1.807) is 0 Å². The average Bonchev–Trinajstić information content (AvgIpc) is 2.15. The number of pyridine rings is 1. The van der Waals surface area contributed by atoms with Gasteiger partial charge in [-0.1, -0.05) is 0 Å². The first-order chi connectivity index (χ1) is 7.34. The monoisotopic (exact) mass is 234 g/mol. The lowest BCUT2D eigenvalue weighted by molar-refractivity contribution is -0.391. The Kier molecular flexibility index (Phi) is 2.97. The van der Waals surface area contributed by atoms with E-state index in [4.69, 9.17) is 5.11 Å². The molecule has 16 heavy (non-hydrogen) atoms. The highest BCUT2D eigenvalue weighted by Crippen LogP contribution is 2.26. The third-order valence-corrected chi connectivity index (χ3v) is 1.70. The Morgan fingerprint density at radius 2 is 2.12 bits per heavy atom. The van der Waals surface area contributed by atoms with E-state index in [0.717, 1.165) is 0 Å². The Balaban J connectivity index is 3.56. The summed E-state index contributed by atoms with van der Waals surface area (Å²) in [7, 11) is 0. The van der Waals surface area contributed by atoms with Crippen LogP contribution in [-0.2, 0) is 0 Å². The van der Waals surface area contributed by atoms with E-state index < -0.39 is 39.8 Å². The molecule has 1 aromatic heterocycles. The molecule has 0 bridgehead atoms. The van der Waals surface area contributed by atoms with Gasteiger partial charge in [-0.25, -0.2) is 23.4 Å². The predicted octanol–water partition coefficient (Wildman–Crippen LogP) is 0.919. The Morgan fingerprint density at radius 1 is 1.56 bits per heavy atom. The zero-order valence-corrected chi connectivity index (χ0v) is 7.44. The zero-order chi connectivity index (χ0) is 12.5. The molecule has 0 radical (unpaired) electrons. The fourth-order valence-electron chi connectivity index (χ4n) is 1.01. The maximum Gasteiger partial charge on any atom is 0.346 e. The summed E-state index contributed by atoms with van der Waals surface area (Å²) < 4.78 is 24.7. The molecule has 0 aromatic carbocycles. The molecule has 0 spiro atoms. The first-order valence-corrected chi connectivity index (χ1v) is 3.77. The zero-order valence-electron chi connectivity index (χ0n) is 7.44. The SMILES string of the molecule is O=C(O)c1cc(C(F)F)c([N+](=O)[O-])[nH]c1=O. The number of hydrogen-bond acceptors (Lipinski definition) is 4. The number of hydrogen-bond donors (Lipinski definition) is 2. The van der Waals surface area contributed by atoms with Gasteiger partial charge in [0.15, 0.2) is 0 Å². The van der Waals surface area contributed by atoms with Crippen LogP contribution in [0.1, 0.15) is 22.3 Å². The lowest BCUT2D eigenvalue weighted by Gasteiger charge is -2.02. The normalized spacial score (nSPS) is 10.4. The molecular formula is C7H4F2N2O5. The summed E-state index contributed by atoms with van der Waals surface area (Å²) in [6.07, 6.45) is -3.25. The number of H-pyrrole nitrogens is 1. The smallest absolute Gasteiger partial charge is 0.346 e. The van der Waals surface area contributed by atoms with Crippen molar-refractivity contribution in [1.82, 2.24) is 4.98 Å². The largest absolute Gasteiger partial charge is 0.477 e. The average molecular weight is 234 g/mol. The van der Waals surface area contributed by atoms with E-state index in [1.807, 2.05) is 0 Å². The van der Waals surface area contributed by atoms with Crippen molar-refractivity contribution in [3.05, 3.63) is 37.7 Å². The summed E-state index contributed by atoms with van der Waals surface area (Å²) in [6, 6.07) is 0.296. The summed E-state index contributed by atoms with van der Waals surface area (Å²) in [5.41, 5.74) is -3.41. The van der Waals surface area contributed by atoms with Gasteiger partial charge < -0.3 is 15.2 Å². The maximum absolute atomic E-state index is 12.3. The summed E-state index contributed by atoms with van der Waals surface area (Å²) in [5, 5.41) is 18.8. The van der Waals surface area contributed by atoms with Gasteiger partial charge in [0.25, 0.3) is 6.43 Å². The van der Waals surface area contributed by atoms with Crippen molar-refractivity contribution >= 4 is 11.8 Å². The van der Waals surface area contributed by atoms with Crippen LogP contribution in [0.4, 0.5) is 14.6 Å². The summed E-state index contributed by atoms with van der Waals surface area (Å²) in [5.74, 6) is -2.94. The van der Waals surface area contributed by atoms with Crippen molar-refractivity contribution < 1.29 is 23.6 Å². The first-order valence-electron chi connectivity index (χ1n) is 3.77. The Morgan fingerprint density at radius 3 is 2.50 bits per heavy atom. The predicted molar refractivity (Wildman–Crippen MR) is 45.6 cm³/mol. The number of carboxylic acids is 1. The number of carbonyl (C=O) groups is 1. The summed E-state index contributed by atoms with van der Waals surface area (Å²) in [4.78, 5) is 32.0. The van der Waals surface area contributed by atoms with Crippen LogP contribution >= 0.6 is 0 Å². The number of nitrogens with one attached hydrogen (secondary N) is 1. The number of rotatable bonds is 3. The van der Waals surface area contributed by atoms with Crippen molar-refractivity contribution in [2.75, 3.05) is 0 Å². The second-order valence-electron chi connectivity index (χ2n) is 2.68. The van der Waals surface area contributed by atoms with Crippen molar-refractivity contribution in [1.29, 1.82) is 0 Å². The van der Waals surface area contributed by atoms with Gasteiger partial charge in [0.1, 0.15) is 11.1 Å². The van der Waals surface area contributed by atoms with Crippen LogP contribution in [0.15, 0.2) is 10.9 Å². The van der Waals surface area contributed by atoms with Crippen LogP contribution in [0, 0.1) is 10.1 Å². The molecule has 0 saturated carbocycles. The molecule has 9 heteroatoms. The number of aromatic nitrogens is 1. The lowest BCUT2D eigenvalue weighted by Crippen LogP contribution is -2.20. The second kappa shape index (κ2) is 4.04. The lowest BCUT2D eigenvalue weighted by atomic mass is 10.2. The number of alkyl halides is 2. The van der Waals surface area contributed by atoms with Crippen LogP contribution in [0.3, 0.4) is 0 Å². The number of aromatic carboxylic acids is 1. The van der Waals surface area contributed by atoms with E-state index in [-0.39, 0.29) is 0 Å².